The van der Waals surface area contributed by atoms with Gasteiger partial charge in [-0.05, 0) is 13.0 Å². The van der Waals surface area contributed by atoms with Crippen LogP contribution in [0.3, 0.4) is 0 Å². The zero-order valence-electron chi connectivity index (χ0n) is 16.9. The number of halogens is 2. The molecule has 0 aromatic carbocycles. The van der Waals surface area contributed by atoms with E-state index in [0.29, 0.717) is 34.6 Å². The van der Waals surface area contributed by atoms with Crippen LogP contribution in [-0.4, -0.2) is 63.7 Å². The van der Waals surface area contributed by atoms with E-state index in [2.05, 4.69) is 29.9 Å². The van der Waals surface area contributed by atoms with Crippen LogP contribution < -0.4 is 9.46 Å². The Morgan fingerprint density at radius 3 is 2.78 bits per heavy atom. The molecule has 14 heteroatoms. The normalized spacial score (nSPS) is 15.4. The van der Waals surface area contributed by atoms with Crippen molar-refractivity contribution in [3.05, 3.63) is 40.7 Å². The Hall–Kier alpha value is -2.54. The maximum absolute atomic E-state index is 12.8. The fourth-order valence-electron chi connectivity index (χ4n) is 3.14. The first kappa shape index (κ1) is 22.6. The van der Waals surface area contributed by atoms with Gasteiger partial charge in [-0.15, -0.1) is 10.2 Å². The van der Waals surface area contributed by atoms with E-state index in [9.17, 15) is 8.42 Å². The van der Waals surface area contributed by atoms with Gasteiger partial charge in [0.25, 0.3) is 0 Å². The summed E-state index contributed by atoms with van der Waals surface area (Å²) in [7, 11) is -3.79. The Balaban J connectivity index is 1.63. The molecule has 4 heterocycles. The molecule has 0 unspecified atom stereocenters. The second kappa shape index (κ2) is 9.53. The molecular formula is C18H19Cl2N7O4S. The Kier molecular flexibility index (Phi) is 6.74. The third kappa shape index (κ3) is 4.93. The van der Waals surface area contributed by atoms with Crippen molar-refractivity contribution in [3.8, 4) is 17.1 Å². The number of hydrogen-bond donors (Lipinski definition) is 1. The topological polar surface area (TPSA) is 134 Å². The van der Waals surface area contributed by atoms with Gasteiger partial charge in [0.15, 0.2) is 16.7 Å². The van der Waals surface area contributed by atoms with Crippen molar-refractivity contribution in [2.45, 2.75) is 19.4 Å². The van der Waals surface area contributed by atoms with Gasteiger partial charge >= 0.3 is 0 Å². The smallest absolute Gasteiger partial charge is 0.239 e. The summed E-state index contributed by atoms with van der Waals surface area (Å²) in [5.41, 5.74) is 0.552. The van der Waals surface area contributed by atoms with Crippen LogP contribution in [0.2, 0.25) is 10.2 Å². The van der Waals surface area contributed by atoms with Crippen LogP contribution in [-0.2, 0) is 21.2 Å². The molecule has 3 aromatic heterocycles. The average molecular weight is 500 g/mol. The Morgan fingerprint density at radius 1 is 1.25 bits per heavy atom. The van der Waals surface area contributed by atoms with E-state index in [1.54, 1.807) is 10.6 Å². The lowest BCUT2D eigenvalue weighted by molar-refractivity contribution is 0.0937. The first-order chi connectivity index (χ1) is 15.4. The van der Waals surface area contributed by atoms with Gasteiger partial charge in [-0.3, -0.25) is 9.29 Å². The summed E-state index contributed by atoms with van der Waals surface area (Å²) in [6.07, 6.45) is 4.45. The number of pyridine rings is 1. The summed E-state index contributed by atoms with van der Waals surface area (Å²) in [4.78, 5) is 12.1. The highest BCUT2D eigenvalue weighted by molar-refractivity contribution is 7.92. The molecule has 0 spiro atoms. The molecule has 4 rings (SSSR count). The molecule has 0 saturated carbocycles. The molecule has 1 aliphatic rings. The number of hydrogen-bond acceptors (Lipinski definition) is 9. The minimum atomic E-state index is -3.79. The molecule has 0 bridgehead atoms. The van der Waals surface area contributed by atoms with E-state index in [4.69, 9.17) is 32.7 Å². The average Bonchev–Trinajstić information content (AvgIpc) is 3.08. The number of sulfonamides is 1. The monoisotopic (exact) mass is 499 g/mol. The fraction of sp³-hybridized carbons (Fsp3) is 0.389. The van der Waals surface area contributed by atoms with Crippen LogP contribution in [0.15, 0.2) is 24.7 Å². The molecule has 0 saturated heterocycles. The number of rotatable bonds is 8. The summed E-state index contributed by atoms with van der Waals surface area (Å²) >= 11 is 12.0. The highest BCUT2D eigenvalue weighted by Crippen LogP contribution is 2.39. The molecule has 0 radical (unpaired) electrons. The predicted molar refractivity (Wildman–Crippen MR) is 117 cm³/mol. The van der Waals surface area contributed by atoms with Gasteiger partial charge in [-0.1, -0.05) is 23.2 Å². The minimum Gasteiger partial charge on any atom is -0.487 e. The summed E-state index contributed by atoms with van der Waals surface area (Å²) in [5, 5.41) is 8.83. The Bertz CT molecular complexity index is 1200. The Labute approximate surface area is 194 Å². The van der Waals surface area contributed by atoms with Gasteiger partial charge in [0, 0.05) is 31.6 Å². The fourth-order valence-corrected chi connectivity index (χ4v) is 4.42. The molecule has 0 amide bonds. The largest absolute Gasteiger partial charge is 0.487 e. The highest BCUT2D eigenvalue weighted by Gasteiger charge is 2.30. The van der Waals surface area contributed by atoms with E-state index >= 15 is 0 Å². The maximum atomic E-state index is 12.8. The van der Waals surface area contributed by atoms with Crippen molar-refractivity contribution in [2.75, 3.05) is 30.3 Å². The standard InChI is InChI=1S/C18H19Cl2N7O4S/c1-2-30-9-12-10-31-15-13(3-5-21-16(15)20)17-24-25-18(27(12)17)26-32(28,29)6-4-14-22-7-11(19)8-23-14/h3,5,7-8,12H,2,4,6,9-10H2,1H3,(H,25,26)/t12-/m0/s1. The number of anilines is 1. The van der Waals surface area contributed by atoms with Crippen LogP contribution in [0.1, 0.15) is 18.8 Å². The molecule has 1 N–H and O–H groups in total. The summed E-state index contributed by atoms with van der Waals surface area (Å²) in [5.74, 6) is 0.904. The molecule has 1 atom stereocenters. The van der Waals surface area contributed by atoms with Crippen LogP contribution in [0.5, 0.6) is 5.75 Å². The molecule has 0 aliphatic carbocycles. The molecule has 3 aromatic rings. The molecule has 32 heavy (non-hydrogen) atoms. The van der Waals surface area contributed by atoms with Crippen molar-refractivity contribution in [1.29, 1.82) is 0 Å². The third-order valence-electron chi connectivity index (χ3n) is 4.61. The minimum absolute atomic E-state index is 0.0473. The summed E-state index contributed by atoms with van der Waals surface area (Å²) < 4.78 is 41.1. The number of nitrogens with zero attached hydrogens (tertiary/aromatic N) is 6. The van der Waals surface area contributed by atoms with Gasteiger partial charge in [0.2, 0.25) is 16.0 Å². The van der Waals surface area contributed by atoms with Crippen molar-refractivity contribution in [3.63, 3.8) is 0 Å². The van der Waals surface area contributed by atoms with Crippen molar-refractivity contribution in [1.82, 2.24) is 29.7 Å². The quantitative estimate of drug-likeness (QED) is 0.463. The maximum Gasteiger partial charge on any atom is 0.239 e. The zero-order valence-corrected chi connectivity index (χ0v) is 19.2. The van der Waals surface area contributed by atoms with Gasteiger partial charge < -0.3 is 9.47 Å². The van der Waals surface area contributed by atoms with E-state index < -0.39 is 16.1 Å². The van der Waals surface area contributed by atoms with Crippen LogP contribution in [0, 0.1) is 0 Å². The van der Waals surface area contributed by atoms with E-state index in [0.717, 1.165) is 0 Å². The SMILES string of the molecule is CCOC[C@H]1COc2c(ccnc2Cl)-c2nnc(NS(=O)(=O)CCc3ncc(Cl)cn3)n21. The van der Waals surface area contributed by atoms with Crippen molar-refractivity contribution in [2.24, 2.45) is 0 Å². The molecule has 0 fully saturated rings. The zero-order chi connectivity index (χ0) is 22.7. The van der Waals surface area contributed by atoms with Gasteiger partial charge in [-0.25, -0.2) is 23.4 Å². The molecule has 11 nitrogen and oxygen atoms in total. The summed E-state index contributed by atoms with van der Waals surface area (Å²) in [6, 6.07) is 1.28. The third-order valence-corrected chi connectivity index (χ3v) is 6.31. The van der Waals surface area contributed by atoms with Gasteiger partial charge in [-0.2, -0.15) is 0 Å². The van der Waals surface area contributed by atoms with E-state index in [1.165, 1.54) is 18.6 Å². The van der Waals surface area contributed by atoms with Crippen molar-refractivity contribution < 1.29 is 17.9 Å². The molecule has 170 valence electrons. The van der Waals surface area contributed by atoms with Gasteiger partial charge in [0.1, 0.15) is 12.4 Å². The summed E-state index contributed by atoms with van der Waals surface area (Å²) in [6.45, 7) is 2.76. The lowest BCUT2D eigenvalue weighted by atomic mass is 10.2. The second-order valence-corrected chi connectivity index (χ2v) is 9.44. The van der Waals surface area contributed by atoms with E-state index in [-0.39, 0.29) is 36.5 Å². The Morgan fingerprint density at radius 2 is 2.03 bits per heavy atom. The number of aryl methyl sites for hydroxylation is 1. The highest BCUT2D eigenvalue weighted by atomic mass is 35.5. The first-order valence-electron chi connectivity index (χ1n) is 9.65. The lowest BCUT2D eigenvalue weighted by Gasteiger charge is -2.19. The molecular weight excluding hydrogens is 481 g/mol. The number of ether oxygens (including phenoxy) is 2. The van der Waals surface area contributed by atoms with Gasteiger partial charge in [0.05, 0.1) is 29.0 Å². The van der Waals surface area contributed by atoms with Crippen LogP contribution >= 0.6 is 23.2 Å². The molecule has 1 aliphatic heterocycles. The van der Waals surface area contributed by atoms with E-state index in [1.807, 2.05) is 6.92 Å². The second-order valence-electron chi connectivity index (χ2n) is 6.81. The number of nitrogens with one attached hydrogen (secondary N) is 1. The number of fused-ring (bicyclic) bond motifs is 3. The van der Waals surface area contributed by atoms with Crippen molar-refractivity contribution >= 4 is 39.2 Å². The predicted octanol–water partition coefficient (Wildman–Crippen LogP) is 2.39. The lowest BCUT2D eigenvalue weighted by Crippen LogP contribution is -2.26. The van der Waals surface area contributed by atoms with Crippen LogP contribution in [0.4, 0.5) is 5.95 Å². The van der Waals surface area contributed by atoms with Crippen LogP contribution in [0.25, 0.3) is 11.4 Å². The number of aromatic nitrogens is 6. The first-order valence-corrected chi connectivity index (χ1v) is 12.1.